The van der Waals surface area contributed by atoms with Crippen molar-refractivity contribution in [2.45, 2.75) is 39.3 Å². The summed E-state index contributed by atoms with van der Waals surface area (Å²) in [6.45, 7) is 5.36. The van der Waals surface area contributed by atoms with E-state index in [4.69, 9.17) is 16.3 Å². The van der Waals surface area contributed by atoms with E-state index >= 15 is 0 Å². The number of rotatable bonds is 7. The molecule has 0 saturated carbocycles. The summed E-state index contributed by atoms with van der Waals surface area (Å²) < 4.78 is 6.76. The van der Waals surface area contributed by atoms with Crippen LogP contribution in [-0.2, 0) is 9.53 Å². The van der Waals surface area contributed by atoms with Crippen molar-refractivity contribution in [3.8, 4) is 0 Å². The normalized spacial score (nSPS) is 12.9. The molecule has 2 rings (SSSR count). The Morgan fingerprint density at radius 1 is 1.37 bits per heavy atom. The van der Waals surface area contributed by atoms with Crippen LogP contribution in [0.5, 0.6) is 0 Å². The van der Waals surface area contributed by atoms with Crippen LogP contribution in [0.4, 0.5) is 11.5 Å². The van der Waals surface area contributed by atoms with Crippen molar-refractivity contribution in [3.63, 3.8) is 0 Å². The average molecular weight is 395 g/mol. The second kappa shape index (κ2) is 8.63. The Labute approximate surface area is 160 Å². The van der Waals surface area contributed by atoms with Gasteiger partial charge in [-0.1, -0.05) is 18.5 Å². The van der Waals surface area contributed by atoms with E-state index in [0.717, 1.165) is 12.5 Å². The van der Waals surface area contributed by atoms with Crippen LogP contribution in [0.2, 0.25) is 5.02 Å². The lowest BCUT2D eigenvalue weighted by Crippen LogP contribution is -2.31. The number of esters is 1. The fraction of sp³-hybridized carbons (Fsp3) is 0.353. The maximum atomic E-state index is 12.3. The Kier molecular flexibility index (Phi) is 6.51. The number of nitrogens with one attached hydrogen (secondary N) is 1. The number of halogens is 1. The molecule has 2 aromatic rings. The van der Waals surface area contributed by atoms with Crippen molar-refractivity contribution < 1.29 is 19.2 Å². The van der Waals surface area contributed by atoms with E-state index < -0.39 is 28.6 Å². The standard InChI is InChI=1S/C17H19ClN4O5/c1-4-10(2)21-15(7-8-19-21)20-16(23)11(3)27-17(24)12-5-6-13(18)14(9-12)22(25)26/h5-11H,4H2,1-3H3,(H,20,23)/t10-,11-/m0/s1. The fourth-order valence-electron chi connectivity index (χ4n) is 2.23. The number of hydrogen-bond acceptors (Lipinski definition) is 6. The third-order valence-electron chi connectivity index (χ3n) is 3.96. The lowest BCUT2D eigenvalue weighted by atomic mass is 10.2. The molecule has 1 heterocycles. The lowest BCUT2D eigenvalue weighted by Gasteiger charge is -2.17. The second-order valence-corrected chi connectivity index (χ2v) is 6.29. The van der Waals surface area contributed by atoms with Gasteiger partial charge in [0.25, 0.3) is 11.6 Å². The Balaban J connectivity index is 2.06. The van der Waals surface area contributed by atoms with Crippen LogP contribution < -0.4 is 5.32 Å². The molecular formula is C17H19ClN4O5. The van der Waals surface area contributed by atoms with Crippen LogP contribution in [0.15, 0.2) is 30.5 Å². The van der Waals surface area contributed by atoms with Gasteiger partial charge in [-0.3, -0.25) is 14.9 Å². The highest BCUT2D eigenvalue weighted by Gasteiger charge is 2.23. The van der Waals surface area contributed by atoms with Crippen molar-refractivity contribution in [2.24, 2.45) is 0 Å². The number of aromatic nitrogens is 2. The molecule has 10 heteroatoms. The minimum atomic E-state index is -1.12. The van der Waals surface area contributed by atoms with Gasteiger partial charge in [0.2, 0.25) is 0 Å². The highest BCUT2D eigenvalue weighted by Crippen LogP contribution is 2.25. The zero-order chi connectivity index (χ0) is 20.1. The van der Waals surface area contributed by atoms with E-state index in [1.54, 1.807) is 16.9 Å². The summed E-state index contributed by atoms with van der Waals surface area (Å²) >= 11 is 5.72. The van der Waals surface area contributed by atoms with Crippen molar-refractivity contribution in [1.82, 2.24) is 9.78 Å². The van der Waals surface area contributed by atoms with Crippen LogP contribution in [0, 0.1) is 10.1 Å². The number of anilines is 1. The second-order valence-electron chi connectivity index (χ2n) is 5.88. The fourth-order valence-corrected chi connectivity index (χ4v) is 2.41. The highest BCUT2D eigenvalue weighted by molar-refractivity contribution is 6.32. The molecule has 0 spiro atoms. The molecule has 0 fully saturated rings. The molecule has 0 aliphatic rings. The molecule has 0 saturated heterocycles. The minimum absolute atomic E-state index is 0.0737. The zero-order valence-corrected chi connectivity index (χ0v) is 15.8. The molecule has 144 valence electrons. The van der Waals surface area contributed by atoms with Crippen molar-refractivity contribution in [2.75, 3.05) is 5.32 Å². The van der Waals surface area contributed by atoms with E-state index in [2.05, 4.69) is 10.4 Å². The number of amides is 1. The summed E-state index contributed by atoms with van der Waals surface area (Å²) in [4.78, 5) is 34.7. The van der Waals surface area contributed by atoms with Crippen LogP contribution in [0.1, 0.15) is 43.6 Å². The number of carbonyl (C=O) groups is 2. The summed E-state index contributed by atoms with van der Waals surface area (Å²) in [7, 11) is 0. The number of carbonyl (C=O) groups excluding carboxylic acids is 2. The molecule has 1 aromatic carbocycles. The third-order valence-corrected chi connectivity index (χ3v) is 4.28. The zero-order valence-electron chi connectivity index (χ0n) is 15.0. The van der Waals surface area contributed by atoms with E-state index in [1.165, 1.54) is 19.1 Å². The smallest absolute Gasteiger partial charge is 0.339 e. The Hall–Kier alpha value is -2.94. The third kappa shape index (κ3) is 4.82. The van der Waals surface area contributed by atoms with Crippen molar-refractivity contribution >= 4 is 35.0 Å². The molecule has 1 amide bonds. The van der Waals surface area contributed by atoms with Gasteiger partial charge in [-0.2, -0.15) is 5.10 Å². The summed E-state index contributed by atoms with van der Waals surface area (Å²) in [5, 5.41) is 17.6. The Morgan fingerprint density at radius 2 is 2.07 bits per heavy atom. The quantitative estimate of drug-likeness (QED) is 0.435. The first-order valence-corrected chi connectivity index (χ1v) is 8.61. The first-order chi connectivity index (χ1) is 12.7. The maximum Gasteiger partial charge on any atom is 0.339 e. The number of nitro groups is 1. The van der Waals surface area contributed by atoms with Gasteiger partial charge in [0.15, 0.2) is 6.10 Å². The van der Waals surface area contributed by atoms with E-state index in [1.807, 2.05) is 13.8 Å². The van der Waals surface area contributed by atoms with E-state index in [9.17, 15) is 19.7 Å². The van der Waals surface area contributed by atoms with Crippen LogP contribution >= 0.6 is 11.6 Å². The molecule has 9 nitrogen and oxygen atoms in total. The van der Waals surface area contributed by atoms with Crippen LogP contribution in [0.3, 0.4) is 0 Å². The van der Waals surface area contributed by atoms with Gasteiger partial charge in [-0.15, -0.1) is 0 Å². The van der Waals surface area contributed by atoms with E-state index in [-0.39, 0.29) is 16.6 Å². The monoisotopic (exact) mass is 394 g/mol. The topological polar surface area (TPSA) is 116 Å². The van der Waals surface area contributed by atoms with Gasteiger partial charge in [0, 0.05) is 12.1 Å². The Morgan fingerprint density at radius 3 is 2.70 bits per heavy atom. The predicted molar refractivity (Wildman–Crippen MR) is 98.8 cm³/mol. The molecule has 0 aliphatic heterocycles. The molecule has 2 atom stereocenters. The maximum absolute atomic E-state index is 12.3. The number of benzene rings is 1. The number of ether oxygens (including phenoxy) is 1. The lowest BCUT2D eigenvalue weighted by molar-refractivity contribution is -0.384. The summed E-state index contributed by atoms with van der Waals surface area (Å²) in [5.74, 6) is -0.927. The van der Waals surface area contributed by atoms with Gasteiger partial charge in [0.1, 0.15) is 10.8 Å². The molecule has 1 aromatic heterocycles. The summed E-state index contributed by atoms with van der Waals surface area (Å²) in [5.41, 5.74) is -0.490. The van der Waals surface area contributed by atoms with Crippen molar-refractivity contribution in [1.29, 1.82) is 0 Å². The summed E-state index contributed by atoms with van der Waals surface area (Å²) in [6, 6.07) is 5.25. The molecule has 0 radical (unpaired) electrons. The first kappa shape index (κ1) is 20.4. The van der Waals surface area contributed by atoms with Crippen molar-refractivity contribution in [3.05, 3.63) is 51.2 Å². The first-order valence-electron chi connectivity index (χ1n) is 8.23. The molecule has 0 unspecified atom stereocenters. The summed E-state index contributed by atoms with van der Waals surface area (Å²) in [6.07, 6.45) is 1.27. The molecular weight excluding hydrogens is 376 g/mol. The average Bonchev–Trinajstić information content (AvgIpc) is 3.09. The van der Waals surface area contributed by atoms with Gasteiger partial charge >= 0.3 is 5.97 Å². The van der Waals surface area contributed by atoms with Crippen LogP contribution in [0.25, 0.3) is 0 Å². The Bertz CT molecular complexity index is 867. The minimum Gasteiger partial charge on any atom is -0.449 e. The number of hydrogen-bond donors (Lipinski definition) is 1. The van der Waals surface area contributed by atoms with Crippen LogP contribution in [-0.4, -0.2) is 32.7 Å². The number of nitro benzene ring substituents is 1. The molecule has 0 bridgehead atoms. The molecule has 0 aliphatic carbocycles. The predicted octanol–water partition coefficient (Wildman–Crippen LogP) is 3.60. The molecule has 1 N–H and O–H groups in total. The van der Waals surface area contributed by atoms with Gasteiger partial charge in [-0.25, -0.2) is 9.48 Å². The highest BCUT2D eigenvalue weighted by atomic mass is 35.5. The van der Waals surface area contributed by atoms with E-state index in [0.29, 0.717) is 5.82 Å². The molecule has 27 heavy (non-hydrogen) atoms. The van der Waals surface area contributed by atoms with Gasteiger partial charge in [0.05, 0.1) is 22.7 Å². The SMILES string of the molecule is CC[C@H](C)n1nccc1NC(=O)[C@H](C)OC(=O)c1ccc(Cl)c([N+](=O)[O-])c1. The largest absolute Gasteiger partial charge is 0.449 e. The van der Waals surface area contributed by atoms with Gasteiger partial charge in [-0.05, 0) is 32.4 Å². The number of nitrogens with zero attached hydrogens (tertiary/aromatic N) is 3. The van der Waals surface area contributed by atoms with Gasteiger partial charge < -0.3 is 10.1 Å².